The van der Waals surface area contributed by atoms with E-state index >= 15 is 0 Å². The standard InChI is InChI=1S/C23H23ClO3Se/c1-25-18-13-21(26-2)23(22(14-18)27-3)20(16-9-11-17(24)12-10-16)15-28-19-7-5-4-6-8-19/h4-14,20H,15H2,1-3H3. The van der Waals surface area contributed by atoms with Crippen molar-refractivity contribution >= 4 is 31.0 Å². The molecule has 28 heavy (non-hydrogen) atoms. The summed E-state index contributed by atoms with van der Waals surface area (Å²) in [5.74, 6) is 2.36. The molecule has 0 saturated heterocycles. The summed E-state index contributed by atoms with van der Waals surface area (Å²) in [6, 6.07) is 22.4. The zero-order valence-electron chi connectivity index (χ0n) is 16.1. The Balaban J connectivity index is 2.06. The minimum absolute atomic E-state index is 0.119. The van der Waals surface area contributed by atoms with Crippen LogP contribution in [-0.2, 0) is 0 Å². The van der Waals surface area contributed by atoms with E-state index in [2.05, 4.69) is 36.4 Å². The summed E-state index contributed by atoms with van der Waals surface area (Å²) < 4.78 is 18.2. The van der Waals surface area contributed by atoms with E-state index in [-0.39, 0.29) is 5.92 Å². The maximum atomic E-state index is 6.13. The van der Waals surface area contributed by atoms with Crippen LogP contribution in [0.5, 0.6) is 17.2 Å². The number of rotatable bonds is 8. The van der Waals surface area contributed by atoms with Crippen molar-refractivity contribution in [3.05, 3.63) is 82.9 Å². The molecular weight excluding hydrogens is 439 g/mol. The van der Waals surface area contributed by atoms with Crippen LogP contribution in [0.2, 0.25) is 10.3 Å². The van der Waals surface area contributed by atoms with E-state index in [1.165, 1.54) is 10.0 Å². The zero-order chi connectivity index (χ0) is 19.9. The summed E-state index contributed by atoms with van der Waals surface area (Å²) in [6.07, 6.45) is 0. The van der Waals surface area contributed by atoms with Gasteiger partial charge in [-0.25, -0.2) is 0 Å². The van der Waals surface area contributed by atoms with E-state index < -0.39 is 0 Å². The quantitative estimate of drug-likeness (QED) is 0.444. The van der Waals surface area contributed by atoms with Gasteiger partial charge in [-0.05, 0) is 0 Å². The Bertz CT molecular complexity index is 872. The molecule has 3 aromatic rings. The van der Waals surface area contributed by atoms with Crippen molar-refractivity contribution in [2.24, 2.45) is 0 Å². The van der Waals surface area contributed by atoms with Crippen LogP contribution < -0.4 is 18.7 Å². The van der Waals surface area contributed by atoms with Crippen LogP contribution in [-0.4, -0.2) is 36.3 Å². The van der Waals surface area contributed by atoms with E-state index in [1.807, 2.05) is 30.3 Å². The van der Waals surface area contributed by atoms with Crippen LogP contribution in [0.3, 0.4) is 0 Å². The molecule has 3 nitrogen and oxygen atoms in total. The van der Waals surface area contributed by atoms with Gasteiger partial charge >= 0.3 is 178 Å². The molecule has 1 unspecified atom stereocenters. The molecule has 0 heterocycles. The topological polar surface area (TPSA) is 27.7 Å². The predicted molar refractivity (Wildman–Crippen MR) is 116 cm³/mol. The first-order valence-corrected chi connectivity index (χ1v) is 11.3. The van der Waals surface area contributed by atoms with E-state index in [0.29, 0.717) is 20.7 Å². The number of hydrogen-bond donors (Lipinski definition) is 0. The van der Waals surface area contributed by atoms with Gasteiger partial charge in [0.1, 0.15) is 0 Å². The van der Waals surface area contributed by atoms with Gasteiger partial charge in [0.15, 0.2) is 0 Å². The molecule has 0 aliphatic carbocycles. The summed E-state index contributed by atoms with van der Waals surface area (Å²) in [5, 5.41) is 1.70. The molecule has 3 rings (SSSR count). The summed E-state index contributed by atoms with van der Waals surface area (Å²) in [5.41, 5.74) is 2.22. The Morgan fingerprint density at radius 3 is 1.96 bits per heavy atom. The Kier molecular flexibility index (Phi) is 7.27. The molecule has 0 saturated carbocycles. The summed E-state index contributed by atoms with van der Waals surface area (Å²) in [6.45, 7) is 0. The van der Waals surface area contributed by atoms with Crippen LogP contribution >= 0.6 is 11.6 Å². The number of hydrogen-bond acceptors (Lipinski definition) is 3. The third-order valence-corrected chi connectivity index (χ3v) is 7.11. The van der Waals surface area contributed by atoms with Gasteiger partial charge in [-0.2, -0.15) is 0 Å². The van der Waals surface area contributed by atoms with Crippen molar-refractivity contribution < 1.29 is 14.2 Å². The minimum atomic E-state index is 0.119. The van der Waals surface area contributed by atoms with E-state index in [1.54, 1.807) is 21.3 Å². The third kappa shape index (κ3) is 4.82. The second-order valence-corrected chi connectivity index (χ2v) is 8.90. The van der Waals surface area contributed by atoms with Gasteiger partial charge in [-0.3, -0.25) is 0 Å². The second-order valence-electron chi connectivity index (χ2n) is 6.17. The first-order valence-electron chi connectivity index (χ1n) is 8.89. The Hall–Kier alpha value is -2.13. The molecular formula is C23H23ClO3Se. The second kappa shape index (κ2) is 9.88. The van der Waals surface area contributed by atoms with Crippen LogP contribution in [0.1, 0.15) is 17.0 Å². The summed E-state index contributed by atoms with van der Waals surface area (Å²) in [4.78, 5) is 0. The van der Waals surface area contributed by atoms with Crippen LogP contribution in [0.15, 0.2) is 66.7 Å². The van der Waals surface area contributed by atoms with Crippen molar-refractivity contribution in [3.63, 3.8) is 0 Å². The molecule has 0 radical (unpaired) electrons. The third-order valence-electron chi connectivity index (χ3n) is 4.53. The molecule has 0 spiro atoms. The van der Waals surface area contributed by atoms with Crippen molar-refractivity contribution in [1.29, 1.82) is 0 Å². The maximum absolute atomic E-state index is 6.13. The van der Waals surface area contributed by atoms with Gasteiger partial charge in [0.2, 0.25) is 0 Å². The van der Waals surface area contributed by atoms with Crippen LogP contribution in [0.25, 0.3) is 0 Å². The van der Waals surface area contributed by atoms with Gasteiger partial charge in [-0.15, -0.1) is 0 Å². The Labute approximate surface area is 177 Å². The molecule has 0 amide bonds. The number of halogens is 1. The van der Waals surface area contributed by atoms with Gasteiger partial charge < -0.3 is 0 Å². The van der Waals surface area contributed by atoms with E-state index in [9.17, 15) is 0 Å². The van der Waals surface area contributed by atoms with Gasteiger partial charge in [0.05, 0.1) is 0 Å². The van der Waals surface area contributed by atoms with Crippen molar-refractivity contribution in [2.45, 2.75) is 11.2 Å². The predicted octanol–water partition coefficient (Wildman–Crippen LogP) is 4.95. The van der Waals surface area contributed by atoms with Crippen LogP contribution in [0.4, 0.5) is 0 Å². The average Bonchev–Trinajstić information content (AvgIpc) is 2.75. The van der Waals surface area contributed by atoms with Gasteiger partial charge in [0, 0.05) is 0 Å². The molecule has 1 atom stereocenters. The molecule has 0 aliphatic heterocycles. The molecule has 0 N–H and O–H groups in total. The number of benzene rings is 3. The first-order chi connectivity index (χ1) is 13.7. The molecule has 0 aromatic heterocycles. The SMILES string of the molecule is COc1cc(OC)c(C(C[Se]c2ccccc2)c2ccc(Cl)cc2)c(OC)c1. The number of methoxy groups -OCH3 is 3. The summed E-state index contributed by atoms with van der Waals surface area (Å²) in [7, 11) is 5.00. The van der Waals surface area contributed by atoms with Crippen molar-refractivity contribution in [1.82, 2.24) is 0 Å². The van der Waals surface area contributed by atoms with Crippen molar-refractivity contribution in [2.75, 3.05) is 21.3 Å². The zero-order valence-corrected chi connectivity index (χ0v) is 18.6. The Morgan fingerprint density at radius 1 is 0.821 bits per heavy atom. The molecule has 0 fully saturated rings. The van der Waals surface area contributed by atoms with Gasteiger partial charge in [0.25, 0.3) is 0 Å². The molecule has 3 aromatic carbocycles. The number of ether oxygens (including phenoxy) is 3. The fourth-order valence-electron chi connectivity index (χ4n) is 3.11. The fraction of sp³-hybridized carbons (Fsp3) is 0.217. The first kappa shape index (κ1) is 20.6. The normalized spacial score (nSPS) is 11.7. The van der Waals surface area contributed by atoms with E-state index in [4.69, 9.17) is 25.8 Å². The van der Waals surface area contributed by atoms with E-state index in [0.717, 1.165) is 27.4 Å². The summed E-state index contributed by atoms with van der Waals surface area (Å²) >= 11 is 6.42. The monoisotopic (exact) mass is 462 g/mol. The molecule has 5 heteroatoms. The Morgan fingerprint density at radius 2 is 1.43 bits per heavy atom. The molecule has 0 aliphatic rings. The van der Waals surface area contributed by atoms with Gasteiger partial charge in [-0.1, -0.05) is 0 Å². The molecule has 0 bridgehead atoms. The average molecular weight is 462 g/mol. The fourth-order valence-corrected chi connectivity index (χ4v) is 5.48. The van der Waals surface area contributed by atoms with Crippen LogP contribution in [0, 0.1) is 0 Å². The molecule has 146 valence electrons. The van der Waals surface area contributed by atoms with Crippen molar-refractivity contribution in [3.8, 4) is 17.2 Å².